The van der Waals surface area contributed by atoms with Crippen LogP contribution in [-0.2, 0) is 16.6 Å². The van der Waals surface area contributed by atoms with Gasteiger partial charge in [0.15, 0.2) is 11.0 Å². The van der Waals surface area contributed by atoms with Crippen molar-refractivity contribution >= 4 is 40.0 Å². The molecular formula is C22H19N5O3S2. The summed E-state index contributed by atoms with van der Waals surface area (Å²) in [6.45, 7) is 0. The molecule has 0 bridgehead atoms. The van der Waals surface area contributed by atoms with Crippen LogP contribution in [0.25, 0.3) is 22.6 Å². The molecule has 0 aliphatic carbocycles. The predicted octanol–water partition coefficient (Wildman–Crippen LogP) is 4.12. The Bertz CT molecular complexity index is 1240. The molecule has 4 aromatic rings. The molecule has 0 saturated carbocycles. The molecule has 10 heteroatoms. The van der Waals surface area contributed by atoms with Crippen LogP contribution in [0, 0.1) is 0 Å². The maximum Gasteiger partial charge on any atom is 0.341 e. The number of anilines is 1. The van der Waals surface area contributed by atoms with E-state index in [1.54, 1.807) is 10.8 Å². The number of nitrogens with one attached hydrogen (secondary N) is 1. The van der Waals surface area contributed by atoms with Crippen molar-refractivity contribution in [3.05, 3.63) is 65.7 Å². The lowest BCUT2D eigenvalue weighted by Gasteiger charge is -2.08. The third-order valence-electron chi connectivity index (χ3n) is 4.58. The summed E-state index contributed by atoms with van der Waals surface area (Å²) in [5.41, 5.74) is 2.64. The summed E-state index contributed by atoms with van der Waals surface area (Å²) < 4.78 is 6.74. The molecule has 1 N–H and O–H groups in total. The Morgan fingerprint density at radius 3 is 2.62 bits per heavy atom. The van der Waals surface area contributed by atoms with Crippen LogP contribution in [-0.4, -0.2) is 44.5 Å². The molecule has 0 aliphatic rings. The van der Waals surface area contributed by atoms with E-state index in [1.807, 2.05) is 61.0 Å². The number of aromatic nitrogens is 4. The first kappa shape index (κ1) is 21.7. The molecule has 1 aromatic carbocycles. The van der Waals surface area contributed by atoms with Gasteiger partial charge in [-0.1, -0.05) is 48.2 Å². The Kier molecular flexibility index (Phi) is 6.62. The highest BCUT2D eigenvalue weighted by atomic mass is 32.2. The number of carbonyl (C=O) groups excluding carboxylic acids is 2. The average Bonchev–Trinajstić information content (AvgIpc) is 3.41. The van der Waals surface area contributed by atoms with Crippen molar-refractivity contribution in [1.82, 2.24) is 19.7 Å². The minimum Gasteiger partial charge on any atom is -0.465 e. The fourth-order valence-electron chi connectivity index (χ4n) is 3.04. The third kappa shape index (κ3) is 4.56. The zero-order valence-electron chi connectivity index (χ0n) is 17.3. The van der Waals surface area contributed by atoms with Crippen molar-refractivity contribution in [2.24, 2.45) is 7.05 Å². The Labute approximate surface area is 192 Å². The summed E-state index contributed by atoms with van der Waals surface area (Å²) in [7, 11) is 3.15. The highest BCUT2D eigenvalue weighted by Gasteiger charge is 2.22. The van der Waals surface area contributed by atoms with Crippen molar-refractivity contribution in [3.63, 3.8) is 0 Å². The van der Waals surface area contributed by atoms with Gasteiger partial charge in [-0.25, -0.2) is 4.79 Å². The second kappa shape index (κ2) is 9.75. The van der Waals surface area contributed by atoms with Crippen molar-refractivity contribution in [2.45, 2.75) is 5.16 Å². The van der Waals surface area contributed by atoms with Crippen LogP contribution in [0.4, 0.5) is 5.00 Å². The number of nitrogens with zero attached hydrogens (tertiary/aromatic N) is 4. The van der Waals surface area contributed by atoms with Crippen LogP contribution in [0.5, 0.6) is 0 Å². The zero-order chi connectivity index (χ0) is 22.5. The summed E-state index contributed by atoms with van der Waals surface area (Å²) in [5.74, 6) is -0.0366. The molecular weight excluding hydrogens is 446 g/mol. The number of hydrogen-bond donors (Lipinski definition) is 1. The average molecular weight is 466 g/mol. The molecule has 0 aliphatic heterocycles. The molecule has 162 valence electrons. The lowest BCUT2D eigenvalue weighted by molar-refractivity contribution is -0.113. The van der Waals surface area contributed by atoms with Gasteiger partial charge in [0, 0.05) is 24.2 Å². The van der Waals surface area contributed by atoms with E-state index in [0.717, 1.165) is 11.1 Å². The van der Waals surface area contributed by atoms with Crippen molar-refractivity contribution in [2.75, 3.05) is 18.2 Å². The molecule has 3 aromatic heterocycles. The molecule has 4 rings (SSSR count). The van der Waals surface area contributed by atoms with Crippen LogP contribution in [0.15, 0.2) is 65.3 Å². The van der Waals surface area contributed by atoms with Gasteiger partial charge in [-0.3, -0.25) is 9.78 Å². The molecule has 0 fully saturated rings. The lowest BCUT2D eigenvalue weighted by Crippen LogP contribution is -2.16. The lowest BCUT2D eigenvalue weighted by atomic mass is 10.0. The molecule has 0 atom stereocenters. The zero-order valence-corrected chi connectivity index (χ0v) is 18.9. The van der Waals surface area contributed by atoms with E-state index in [0.29, 0.717) is 27.2 Å². The second-order valence-corrected chi connectivity index (χ2v) is 8.45. The van der Waals surface area contributed by atoms with E-state index < -0.39 is 5.97 Å². The normalized spacial score (nSPS) is 10.7. The summed E-state index contributed by atoms with van der Waals surface area (Å²) in [6.07, 6.45) is 1.69. The fourth-order valence-corrected chi connectivity index (χ4v) is 4.72. The van der Waals surface area contributed by atoms with Crippen LogP contribution in [0.2, 0.25) is 0 Å². The van der Waals surface area contributed by atoms with Gasteiger partial charge >= 0.3 is 5.97 Å². The Morgan fingerprint density at radius 2 is 1.91 bits per heavy atom. The molecule has 0 radical (unpaired) electrons. The smallest absolute Gasteiger partial charge is 0.341 e. The second-order valence-electron chi connectivity index (χ2n) is 6.63. The number of hydrogen-bond acceptors (Lipinski definition) is 8. The number of carbonyl (C=O) groups is 2. The number of ether oxygens (including phenoxy) is 1. The fraction of sp³-hybridized carbons (Fsp3) is 0.136. The van der Waals surface area contributed by atoms with Gasteiger partial charge in [-0.05, 0) is 17.7 Å². The van der Waals surface area contributed by atoms with Gasteiger partial charge in [0.05, 0.1) is 12.9 Å². The number of methoxy groups -OCH3 is 1. The molecule has 3 heterocycles. The summed E-state index contributed by atoms with van der Waals surface area (Å²) in [6, 6.07) is 15.1. The molecule has 0 saturated heterocycles. The molecule has 0 unspecified atom stereocenters. The number of pyridine rings is 1. The van der Waals surface area contributed by atoms with E-state index in [4.69, 9.17) is 4.74 Å². The first-order valence-electron chi connectivity index (χ1n) is 9.57. The van der Waals surface area contributed by atoms with Gasteiger partial charge < -0.3 is 14.6 Å². The SMILES string of the molecule is COC(=O)c1c(-c2ccccc2)csc1NC(=O)CSc1nnc(-c2ccccn2)n1C. The Morgan fingerprint density at radius 1 is 1.12 bits per heavy atom. The Balaban J connectivity index is 1.48. The van der Waals surface area contributed by atoms with Gasteiger partial charge in [0.25, 0.3) is 0 Å². The van der Waals surface area contributed by atoms with Crippen LogP contribution in [0.3, 0.4) is 0 Å². The molecule has 0 spiro atoms. The first-order valence-corrected chi connectivity index (χ1v) is 11.4. The number of rotatable bonds is 7. The van der Waals surface area contributed by atoms with Crippen molar-refractivity contribution < 1.29 is 14.3 Å². The maximum absolute atomic E-state index is 12.6. The van der Waals surface area contributed by atoms with E-state index >= 15 is 0 Å². The number of thioether (sulfide) groups is 1. The van der Waals surface area contributed by atoms with Gasteiger partial charge in [-0.15, -0.1) is 21.5 Å². The summed E-state index contributed by atoms with van der Waals surface area (Å²) >= 11 is 2.54. The standard InChI is InChI=1S/C22H19N5O3S2/c1-27-19(16-10-6-7-11-23-16)25-26-22(27)32-13-17(28)24-20-18(21(29)30-2)15(12-31-20)14-8-4-3-5-9-14/h3-12H,13H2,1-2H3,(H,24,28). The van der Waals surface area contributed by atoms with Crippen molar-refractivity contribution in [3.8, 4) is 22.6 Å². The highest BCUT2D eigenvalue weighted by molar-refractivity contribution is 7.99. The first-order chi connectivity index (χ1) is 15.6. The molecule has 1 amide bonds. The topological polar surface area (TPSA) is 99.0 Å². The highest BCUT2D eigenvalue weighted by Crippen LogP contribution is 2.36. The molecule has 8 nitrogen and oxygen atoms in total. The quantitative estimate of drug-likeness (QED) is 0.324. The van der Waals surface area contributed by atoms with Crippen LogP contribution < -0.4 is 5.32 Å². The van der Waals surface area contributed by atoms with Gasteiger partial charge in [0.1, 0.15) is 16.3 Å². The van der Waals surface area contributed by atoms with Gasteiger partial charge in [0.2, 0.25) is 5.91 Å². The van der Waals surface area contributed by atoms with E-state index in [1.165, 1.54) is 30.2 Å². The third-order valence-corrected chi connectivity index (χ3v) is 6.50. The minimum absolute atomic E-state index is 0.105. The van der Waals surface area contributed by atoms with Crippen LogP contribution in [0.1, 0.15) is 10.4 Å². The minimum atomic E-state index is -0.499. The monoisotopic (exact) mass is 465 g/mol. The van der Waals surface area contributed by atoms with E-state index in [9.17, 15) is 9.59 Å². The number of amides is 1. The number of thiophene rings is 1. The van der Waals surface area contributed by atoms with Crippen molar-refractivity contribution in [1.29, 1.82) is 0 Å². The predicted molar refractivity (Wildman–Crippen MR) is 125 cm³/mol. The van der Waals surface area contributed by atoms with Gasteiger partial charge in [-0.2, -0.15) is 0 Å². The number of esters is 1. The van der Waals surface area contributed by atoms with Crippen LogP contribution >= 0.6 is 23.1 Å². The van der Waals surface area contributed by atoms with E-state index in [-0.39, 0.29) is 11.7 Å². The Hall–Kier alpha value is -3.50. The molecule has 32 heavy (non-hydrogen) atoms. The van der Waals surface area contributed by atoms with E-state index in [2.05, 4.69) is 20.5 Å². The summed E-state index contributed by atoms with van der Waals surface area (Å²) in [5, 5.41) is 14.0. The maximum atomic E-state index is 12.6. The number of benzene rings is 1. The summed E-state index contributed by atoms with van der Waals surface area (Å²) in [4.78, 5) is 29.4. The largest absolute Gasteiger partial charge is 0.465 e.